The van der Waals surface area contributed by atoms with Crippen molar-refractivity contribution in [1.82, 2.24) is 14.7 Å². The molecular formula is C19H23N5O2. The van der Waals surface area contributed by atoms with E-state index >= 15 is 0 Å². The number of hydrogen-bond donors (Lipinski definition) is 0. The fourth-order valence-corrected chi connectivity index (χ4v) is 3.90. The molecule has 4 rings (SSSR count). The molecule has 0 saturated carbocycles. The number of nitrogens with zero attached hydrogens (tertiary/aromatic N) is 5. The molecule has 3 aliphatic rings. The van der Waals surface area contributed by atoms with E-state index in [9.17, 15) is 9.59 Å². The molecule has 3 heterocycles. The molecule has 1 fully saturated rings. The van der Waals surface area contributed by atoms with Crippen LogP contribution in [0.25, 0.3) is 0 Å². The molecule has 7 nitrogen and oxygen atoms in total. The first-order valence-electron chi connectivity index (χ1n) is 8.94. The third-order valence-corrected chi connectivity index (χ3v) is 5.19. The largest absolute Gasteiger partial charge is 0.328 e. The predicted octanol–water partition coefficient (Wildman–Crippen LogP) is 2.35. The number of aliphatic imine (C=N–C) groups is 1. The second-order valence-electron chi connectivity index (χ2n) is 6.97. The molecule has 3 aliphatic heterocycles. The molecule has 7 heteroatoms. The van der Waals surface area contributed by atoms with Crippen molar-refractivity contribution >= 4 is 23.6 Å². The van der Waals surface area contributed by atoms with E-state index in [0.29, 0.717) is 12.5 Å². The minimum absolute atomic E-state index is 0.172. The monoisotopic (exact) mass is 353 g/mol. The van der Waals surface area contributed by atoms with Gasteiger partial charge in [0.15, 0.2) is 12.2 Å². The molecular weight excluding hydrogens is 330 g/mol. The van der Waals surface area contributed by atoms with Crippen LogP contribution in [0.3, 0.4) is 0 Å². The van der Waals surface area contributed by atoms with Crippen LogP contribution in [0.2, 0.25) is 0 Å². The van der Waals surface area contributed by atoms with Gasteiger partial charge in [-0.05, 0) is 31.9 Å². The highest BCUT2D eigenvalue weighted by Gasteiger charge is 2.54. The number of fused-ring (bicyclic) bond motifs is 3. The number of rotatable bonds is 3. The summed E-state index contributed by atoms with van der Waals surface area (Å²) in [5, 5.41) is 0. The number of urea groups is 1. The number of imide groups is 1. The van der Waals surface area contributed by atoms with Gasteiger partial charge >= 0.3 is 6.03 Å². The molecule has 1 aromatic rings. The van der Waals surface area contributed by atoms with Crippen molar-refractivity contribution < 1.29 is 9.59 Å². The minimum Gasteiger partial charge on any atom is -0.302 e. The molecule has 0 aromatic heterocycles. The van der Waals surface area contributed by atoms with Crippen molar-refractivity contribution in [2.75, 3.05) is 18.5 Å². The van der Waals surface area contributed by atoms with E-state index in [1.807, 2.05) is 43.1 Å². The summed E-state index contributed by atoms with van der Waals surface area (Å²) in [5.74, 6) is 0.535. The van der Waals surface area contributed by atoms with Gasteiger partial charge in [-0.25, -0.2) is 9.79 Å². The van der Waals surface area contributed by atoms with Gasteiger partial charge < -0.3 is 9.80 Å². The van der Waals surface area contributed by atoms with Crippen molar-refractivity contribution in [3.8, 4) is 0 Å². The van der Waals surface area contributed by atoms with E-state index in [1.165, 1.54) is 4.90 Å². The molecule has 3 amide bonds. The number of para-hydroxylation sites is 1. The van der Waals surface area contributed by atoms with E-state index in [4.69, 9.17) is 4.99 Å². The summed E-state index contributed by atoms with van der Waals surface area (Å²) in [6.07, 6.45) is 2.20. The number of guanidine groups is 1. The lowest BCUT2D eigenvalue weighted by molar-refractivity contribution is -0.136. The van der Waals surface area contributed by atoms with E-state index in [-0.39, 0.29) is 11.9 Å². The Balaban J connectivity index is 1.75. The third kappa shape index (κ3) is 2.16. The van der Waals surface area contributed by atoms with Crippen LogP contribution in [0.4, 0.5) is 10.5 Å². The zero-order valence-corrected chi connectivity index (χ0v) is 15.5. The summed E-state index contributed by atoms with van der Waals surface area (Å²) in [5.41, 5.74) is 3.17. The van der Waals surface area contributed by atoms with Crippen LogP contribution >= 0.6 is 0 Å². The molecule has 26 heavy (non-hydrogen) atoms. The number of likely N-dealkylation sites (N-methyl/N-ethyl adjacent to an activating group) is 1. The Kier molecular flexibility index (Phi) is 3.75. The summed E-state index contributed by atoms with van der Waals surface area (Å²) >= 11 is 0. The summed E-state index contributed by atoms with van der Waals surface area (Å²) in [6.45, 7) is 6.45. The summed E-state index contributed by atoms with van der Waals surface area (Å²) < 4.78 is 0. The predicted molar refractivity (Wildman–Crippen MR) is 99.4 cm³/mol. The number of carbonyl (C=O) groups excluding carboxylic acids is 2. The van der Waals surface area contributed by atoms with E-state index < -0.39 is 12.2 Å². The first kappa shape index (κ1) is 16.6. The molecule has 0 spiro atoms. The Morgan fingerprint density at radius 1 is 1.15 bits per heavy atom. The second-order valence-corrected chi connectivity index (χ2v) is 6.97. The maximum atomic E-state index is 13.0. The van der Waals surface area contributed by atoms with Crippen LogP contribution in [0.1, 0.15) is 25.8 Å². The number of carbonyl (C=O) groups is 2. The van der Waals surface area contributed by atoms with E-state index in [2.05, 4.69) is 17.9 Å². The lowest BCUT2D eigenvalue weighted by atomic mass is 10.1. The highest BCUT2D eigenvalue weighted by atomic mass is 16.2. The topological polar surface area (TPSA) is 59.5 Å². The highest BCUT2D eigenvalue weighted by molar-refractivity contribution is 6.10. The van der Waals surface area contributed by atoms with Crippen LogP contribution < -0.4 is 4.90 Å². The lowest BCUT2D eigenvalue weighted by Crippen LogP contribution is -2.64. The Bertz CT molecular complexity index is 846. The number of hydrogen-bond acceptors (Lipinski definition) is 5. The molecule has 2 unspecified atom stereocenters. The van der Waals surface area contributed by atoms with Crippen molar-refractivity contribution in [1.29, 1.82) is 0 Å². The van der Waals surface area contributed by atoms with Gasteiger partial charge in [0.05, 0.1) is 5.69 Å². The SMILES string of the molecule is CCCN1C(=O)C2C(N=C3N(c4ccccc4C)C(C)=CN32)N(C)C1=O. The van der Waals surface area contributed by atoms with Crippen LogP contribution in [0.15, 0.2) is 41.2 Å². The maximum absolute atomic E-state index is 13.0. The van der Waals surface area contributed by atoms with Crippen molar-refractivity contribution in [3.63, 3.8) is 0 Å². The molecule has 2 atom stereocenters. The summed E-state index contributed by atoms with van der Waals surface area (Å²) in [4.78, 5) is 37.3. The number of anilines is 1. The van der Waals surface area contributed by atoms with Gasteiger partial charge in [0.25, 0.3) is 5.91 Å². The van der Waals surface area contributed by atoms with E-state index in [0.717, 1.165) is 23.4 Å². The maximum Gasteiger partial charge on any atom is 0.328 e. The lowest BCUT2D eigenvalue weighted by Gasteiger charge is -2.40. The van der Waals surface area contributed by atoms with Gasteiger partial charge in [-0.15, -0.1) is 0 Å². The van der Waals surface area contributed by atoms with Crippen molar-refractivity contribution in [2.24, 2.45) is 4.99 Å². The smallest absolute Gasteiger partial charge is 0.302 e. The average molecular weight is 353 g/mol. The Labute approximate surface area is 153 Å². The Morgan fingerprint density at radius 2 is 1.88 bits per heavy atom. The van der Waals surface area contributed by atoms with Crippen molar-refractivity contribution in [2.45, 2.75) is 39.4 Å². The van der Waals surface area contributed by atoms with E-state index in [1.54, 1.807) is 11.9 Å². The number of allylic oxidation sites excluding steroid dienone is 1. The van der Waals surface area contributed by atoms with Crippen LogP contribution in [0, 0.1) is 6.92 Å². The molecule has 0 radical (unpaired) electrons. The molecule has 0 bridgehead atoms. The highest BCUT2D eigenvalue weighted by Crippen LogP contribution is 2.37. The van der Waals surface area contributed by atoms with Crippen molar-refractivity contribution in [3.05, 3.63) is 41.7 Å². The number of amides is 3. The van der Waals surface area contributed by atoms with Gasteiger partial charge in [0, 0.05) is 25.5 Å². The standard InChI is InChI=1S/C19H23N5O2/c1-5-10-22-17(25)15-16(21(4)19(22)26)20-18-23(15)11-13(3)24(18)14-9-7-6-8-12(14)2/h6-9,11,15-16H,5,10H2,1-4H3. The average Bonchev–Trinajstić information content (AvgIpc) is 3.12. The zero-order valence-electron chi connectivity index (χ0n) is 15.5. The van der Waals surface area contributed by atoms with Gasteiger partial charge in [-0.3, -0.25) is 14.6 Å². The molecule has 136 valence electrons. The van der Waals surface area contributed by atoms with Crippen LogP contribution in [-0.4, -0.2) is 58.4 Å². The number of benzene rings is 1. The normalized spacial score (nSPS) is 24.8. The quantitative estimate of drug-likeness (QED) is 0.837. The van der Waals surface area contributed by atoms with Crippen LogP contribution in [0.5, 0.6) is 0 Å². The number of aryl methyl sites for hydroxylation is 1. The summed E-state index contributed by atoms with van der Waals surface area (Å²) in [7, 11) is 1.72. The van der Waals surface area contributed by atoms with Gasteiger partial charge in [0.1, 0.15) is 0 Å². The van der Waals surface area contributed by atoms with Gasteiger partial charge in [0.2, 0.25) is 5.96 Å². The van der Waals surface area contributed by atoms with Gasteiger partial charge in [-0.1, -0.05) is 25.1 Å². The summed E-state index contributed by atoms with van der Waals surface area (Å²) in [6, 6.07) is 7.32. The second kappa shape index (κ2) is 5.86. The molecule has 0 aliphatic carbocycles. The van der Waals surface area contributed by atoms with Gasteiger partial charge in [-0.2, -0.15) is 0 Å². The first-order valence-corrected chi connectivity index (χ1v) is 8.94. The molecule has 0 N–H and O–H groups in total. The Morgan fingerprint density at radius 3 is 2.58 bits per heavy atom. The van der Waals surface area contributed by atoms with Crippen LogP contribution in [-0.2, 0) is 4.79 Å². The molecule has 1 saturated heterocycles. The Hall–Kier alpha value is -2.83. The fourth-order valence-electron chi connectivity index (χ4n) is 3.90. The minimum atomic E-state index is -0.497. The third-order valence-electron chi connectivity index (χ3n) is 5.19. The first-order chi connectivity index (χ1) is 12.5. The zero-order chi connectivity index (χ0) is 18.6. The fraction of sp³-hybridized carbons (Fsp3) is 0.421. The molecule has 1 aromatic carbocycles.